The van der Waals surface area contributed by atoms with Crippen LogP contribution in [0.4, 0.5) is 0 Å². The molecule has 1 fully saturated rings. The normalized spacial score (nSPS) is 20.7. The number of nitrogens with two attached hydrogens (primary N) is 1. The predicted molar refractivity (Wildman–Crippen MR) is 85.6 cm³/mol. The van der Waals surface area contributed by atoms with Crippen LogP contribution < -0.4 is 5.73 Å². The number of hydrogen-bond acceptors (Lipinski definition) is 7. The second-order valence-corrected chi connectivity index (χ2v) is 5.82. The van der Waals surface area contributed by atoms with E-state index >= 15 is 0 Å². The van der Waals surface area contributed by atoms with Crippen molar-refractivity contribution in [1.29, 1.82) is 0 Å². The second-order valence-electron chi connectivity index (χ2n) is 5.82. The van der Waals surface area contributed by atoms with Gasteiger partial charge in [0.25, 0.3) is 0 Å². The molecule has 1 aliphatic carbocycles. The van der Waals surface area contributed by atoms with Crippen LogP contribution in [0.25, 0.3) is 0 Å². The fraction of sp³-hybridized carbons (Fsp3) is 0.647. The summed E-state index contributed by atoms with van der Waals surface area (Å²) >= 11 is 0. The maximum absolute atomic E-state index is 12.0. The standard InChI is InChI=1S/C17H25NO6/c1-3-22-12(19)7-5-6-11-13(10-8-9-10)15(20)14(18)16(24-11)17(21)23-4-2/h10,16,20H,3-9,18H2,1-2H3. The number of aliphatic hydroxyl groups is 1. The number of allylic oxidation sites excluding steroid dienone is 2. The first kappa shape index (κ1) is 18.2. The molecule has 0 bridgehead atoms. The molecular formula is C17H25NO6. The van der Waals surface area contributed by atoms with Crippen molar-refractivity contribution >= 4 is 11.9 Å². The van der Waals surface area contributed by atoms with Gasteiger partial charge in [-0.1, -0.05) is 0 Å². The molecule has 1 unspecified atom stereocenters. The zero-order chi connectivity index (χ0) is 17.7. The summed E-state index contributed by atoms with van der Waals surface area (Å²) in [5.41, 5.74) is 6.54. The van der Waals surface area contributed by atoms with Crippen LogP contribution in [-0.2, 0) is 23.8 Å². The summed E-state index contributed by atoms with van der Waals surface area (Å²) in [5.74, 6) is -0.258. The molecule has 0 radical (unpaired) electrons. The van der Waals surface area contributed by atoms with E-state index in [1.54, 1.807) is 13.8 Å². The van der Waals surface area contributed by atoms with E-state index in [9.17, 15) is 14.7 Å². The van der Waals surface area contributed by atoms with Crippen LogP contribution in [-0.4, -0.2) is 36.4 Å². The van der Waals surface area contributed by atoms with Gasteiger partial charge >= 0.3 is 11.9 Å². The van der Waals surface area contributed by atoms with Crippen molar-refractivity contribution in [3.8, 4) is 0 Å². The molecule has 1 aliphatic heterocycles. The highest BCUT2D eigenvalue weighted by Gasteiger charge is 2.40. The lowest BCUT2D eigenvalue weighted by molar-refractivity contribution is -0.152. The minimum absolute atomic E-state index is 0.00973. The first-order chi connectivity index (χ1) is 11.5. The molecule has 0 saturated heterocycles. The third-order valence-corrected chi connectivity index (χ3v) is 3.95. The molecule has 2 rings (SSSR count). The van der Waals surface area contributed by atoms with Gasteiger partial charge in [-0.15, -0.1) is 0 Å². The van der Waals surface area contributed by atoms with Crippen molar-refractivity contribution in [1.82, 2.24) is 0 Å². The fourth-order valence-electron chi connectivity index (χ4n) is 2.69. The molecule has 1 heterocycles. The molecular weight excluding hydrogens is 314 g/mol. The van der Waals surface area contributed by atoms with E-state index in [-0.39, 0.29) is 36.4 Å². The Bertz CT molecular complexity index is 561. The van der Waals surface area contributed by atoms with E-state index in [0.717, 1.165) is 12.8 Å². The Kier molecular flexibility index (Phi) is 6.11. The summed E-state index contributed by atoms with van der Waals surface area (Å²) in [4.78, 5) is 23.4. The molecule has 0 amide bonds. The van der Waals surface area contributed by atoms with Crippen LogP contribution in [0.5, 0.6) is 0 Å². The predicted octanol–water partition coefficient (Wildman–Crippen LogP) is 2.07. The highest BCUT2D eigenvalue weighted by molar-refractivity contribution is 5.79. The molecule has 0 aromatic heterocycles. The minimum Gasteiger partial charge on any atom is -0.506 e. The van der Waals surface area contributed by atoms with Crippen molar-refractivity contribution in [2.75, 3.05) is 13.2 Å². The Labute approximate surface area is 141 Å². The Morgan fingerprint density at radius 2 is 1.92 bits per heavy atom. The molecule has 3 N–H and O–H groups in total. The van der Waals surface area contributed by atoms with Crippen molar-refractivity contribution in [3.63, 3.8) is 0 Å². The molecule has 7 heteroatoms. The SMILES string of the molecule is CCOC(=O)CCCC1=C(C2CC2)C(O)=C(N)C(C(=O)OCC)O1. The Hall–Kier alpha value is -2.18. The summed E-state index contributed by atoms with van der Waals surface area (Å²) in [5, 5.41) is 10.4. The van der Waals surface area contributed by atoms with Crippen LogP contribution in [0, 0.1) is 5.92 Å². The maximum Gasteiger partial charge on any atom is 0.353 e. The van der Waals surface area contributed by atoms with Gasteiger partial charge in [-0.05, 0) is 39.0 Å². The van der Waals surface area contributed by atoms with E-state index in [1.807, 2.05) is 0 Å². The lowest BCUT2D eigenvalue weighted by atomic mass is 9.98. The summed E-state index contributed by atoms with van der Waals surface area (Å²) in [6.07, 6.45) is 1.95. The zero-order valence-corrected chi connectivity index (χ0v) is 14.2. The number of aliphatic hydroxyl groups excluding tert-OH is 1. The van der Waals surface area contributed by atoms with Crippen molar-refractivity contribution in [2.45, 2.75) is 52.1 Å². The monoisotopic (exact) mass is 339 g/mol. The Balaban J connectivity index is 2.11. The van der Waals surface area contributed by atoms with Gasteiger partial charge in [0, 0.05) is 18.4 Å². The van der Waals surface area contributed by atoms with E-state index in [4.69, 9.17) is 19.9 Å². The van der Waals surface area contributed by atoms with Gasteiger partial charge in [0.1, 0.15) is 17.2 Å². The average molecular weight is 339 g/mol. The Morgan fingerprint density at radius 1 is 1.25 bits per heavy atom. The van der Waals surface area contributed by atoms with Gasteiger partial charge in [-0.2, -0.15) is 0 Å². The van der Waals surface area contributed by atoms with E-state index < -0.39 is 12.1 Å². The van der Waals surface area contributed by atoms with Gasteiger partial charge in [0.15, 0.2) is 0 Å². The fourth-order valence-corrected chi connectivity index (χ4v) is 2.69. The summed E-state index contributed by atoms with van der Waals surface area (Å²) in [6, 6.07) is 0. The molecule has 134 valence electrons. The number of ether oxygens (including phenoxy) is 3. The molecule has 1 saturated carbocycles. The molecule has 7 nitrogen and oxygen atoms in total. The van der Waals surface area contributed by atoms with Gasteiger partial charge in [0.05, 0.1) is 13.2 Å². The number of hydrogen-bond donors (Lipinski definition) is 2. The van der Waals surface area contributed by atoms with Crippen molar-refractivity contribution < 1.29 is 28.9 Å². The zero-order valence-electron chi connectivity index (χ0n) is 14.2. The van der Waals surface area contributed by atoms with Gasteiger partial charge in [0.2, 0.25) is 6.10 Å². The van der Waals surface area contributed by atoms with Crippen LogP contribution in [0.3, 0.4) is 0 Å². The van der Waals surface area contributed by atoms with Crippen molar-refractivity contribution in [2.24, 2.45) is 11.7 Å². The smallest absolute Gasteiger partial charge is 0.353 e. The number of esters is 2. The highest BCUT2D eigenvalue weighted by Crippen LogP contribution is 2.45. The van der Waals surface area contributed by atoms with Gasteiger partial charge in [-0.3, -0.25) is 4.79 Å². The molecule has 0 aromatic carbocycles. The van der Waals surface area contributed by atoms with Crippen LogP contribution in [0.1, 0.15) is 46.0 Å². The van der Waals surface area contributed by atoms with Crippen LogP contribution in [0.2, 0.25) is 0 Å². The van der Waals surface area contributed by atoms with Crippen molar-refractivity contribution in [3.05, 3.63) is 22.8 Å². The quantitative estimate of drug-likeness (QED) is 0.652. The molecule has 0 spiro atoms. The van der Waals surface area contributed by atoms with E-state index in [1.165, 1.54) is 0 Å². The first-order valence-corrected chi connectivity index (χ1v) is 8.40. The first-order valence-electron chi connectivity index (χ1n) is 8.40. The number of carbonyl (C=O) groups excluding carboxylic acids is 2. The average Bonchev–Trinajstić information content (AvgIpc) is 3.35. The lowest BCUT2D eigenvalue weighted by Gasteiger charge is -2.28. The third-order valence-electron chi connectivity index (χ3n) is 3.95. The largest absolute Gasteiger partial charge is 0.506 e. The lowest BCUT2D eigenvalue weighted by Crippen LogP contribution is -2.36. The van der Waals surface area contributed by atoms with Crippen LogP contribution in [0.15, 0.2) is 22.8 Å². The Morgan fingerprint density at radius 3 is 2.50 bits per heavy atom. The number of rotatable bonds is 8. The topological polar surface area (TPSA) is 108 Å². The molecule has 1 atom stereocenters. The van der Waals surface area contributed by atoms with Gasteiger partial charge < -0.3 is 25.1 Å². The van der Waals surface area contributed by atoms with E-state index in [0.29, 0.717) is 30.8 Å². The molecule has 0 aromatic rings. The minimum atomic E-state index is -1.13. The van der Waals surface area contributed by atoms with Crippen LogP contribution >= 0.6 is 0 Å². The summed E-state index contributed by atoms with van der Waals surface area (Å²) < 4.78 is 15.6. The molecule has 2 aliphatic rings. The van der Waals surface area contributed by atoms with E-state index in [2.05, 4.69) is 0 Å². The summed E-state index contributed by atoms with van der Waals surface area (Å²) in [7, 11) is 0. The second kappa shape index (κ2) is 8.08. The highest BCUT2D eigenvalue weighted by atomic mass is 16.6. The molecule has 24 heavy (non-hydrogen) atoms. The third kappa shape index (κ3) is 4.21. The summed E-state index contributed by atoms with van der Waals surface area (Å²) in [6.45, 7) is 3.98. The number of carbonyl (C=O) groups is 2. The maximum atomic E-state index is 12.0. The van der Waals surface area contributed by atoms with Gasteiger partial charge in [-0.25, -0.2) is 4.79 Å².